The van der Waals surface area contributed by atoms with E-state index in [2.05, 4.69) is 9.71 Å². The lowest BCUT2D eigenvalue weighted by Crippen LogP contribution is -2.45. The fraction of sp³-hybridized carbons (Fsp3) is 0.545. The van der Waals surface area contributed by atoms with E-state index >= 15 is 0 Å². The molecule has 3 aliphatic rings. The molecule has 0 spiro atoms. The lowest BCUT2D eigenvalue weighted by atomic mass is 10.1. The minimum absolute atomic E-state index is 0.00246. The zero-order valence-electron chi connectivity index (χ0n) is 17.7. The highest BCUT2D eigenvalue weighted by molar-refractivity contribution is 8.00. The standard InChI is InChI=1S/C22H30N4O3S/c1-16-8-10-18(11-9-16)20-17(2)21(24-30(20,28)29)25-12-5-13-26(15-14-25)22(27)23-19-6-3-4-7-19/h8-11,19H,3-7,12-15H2,1-2H3,(H,23,27). The quantitative estimate of drug-likeness (QED) is 0.782. The lowest BCUT2D eigenvalue weighted by molar-refractivity contribution is 0.196. The van der Waals surface area contributed by atoms with E-state index in [9.17, 15) is 13.2 Å². The summed E-state index contributed by atoms with van der Waals surface area (Å²) >= 11 is 0. The molecule has 0 radical (unpaired) electrons. The van der Waals surface area contributed by atoms with Gasteiger partial charge in [0.1, 0.15) is 10.7 Å². The highest BCUT2D eigenvalue weighted by atomic mass is 32.2. The maximum absolute atomic E-state index is 12.8. The van der Waals surface area contributed by atoms with Gasteiger partial charge in [0, 0.05) is 37.8 Å². The Kier molecular flexibility index (Phi) is 5.86. The zero-order valence-corrected chi connectivity index (χ0v) is 18.5. The number of benzene rings is 1. The maximum atomic E-state index is 12.8. The van der Waals surface area contributed by atoms with Crippen LogP contribution < -0.4 is 5.32 Å². The first-order chi connectivity index (χ1) is 14.3. The molecular formula is C22H30N4O3S. The second-order valence-electron chi connectivity index (χ2n) is 8.47. The van der Waals surface area contributed by atoms with Gasteiger partial charge in [-0.3, -0.25) is 0 Å². The van der Waals surface area contributed by atoms with Gasteiger partial charge in [0.25, 0.3) is 10.0 Å². The SMILES string of the molecule is CC1=C(c2ccc(C)cc2)S(=O)(=O)N=C1N1CCCN(C(=O)NC2CCCC2)CC1. The third kappa shape index (κ3) is 4.24. The van der Waals surface area contributed by atoms with Crippen molar-refractivity contribution >= 4 is 26.8 Å². The van der Waals surface area contributed by atoms with Gasteiger partial charge in [-0.2, -0.15) is 8.42 Å². The molecule has 30 heavy (non-hydrogen) atoms. The van der Waals surface area contributed by atoms with Crippen LogP contribution in [0.5, 0.6) is 0 Å². The highest BCUT2D eigenvalue weighted by Gasteiger charge is 2.34. The predicted molar refractivity (Wildman–Crippen MR) is 119 cm³/mol. The van der Waals surface area contributed by atoms with Gasteiger partial charge in [0.2, 0.25) is 0 Å². The van der Waals surface area contributed by atoms with Gasteiger partial charge in [-0.25, -0.2) is 4.79 Å². The second kappa shape index (κ2) is 8.41. The summed E-state index contributed by atoms with van der Waals surface area (Å²) in [6.45, 7) is 6.29. The van der Waals surface area contributed by atoms with E-state index in [0.717, 1.165) is 24.8 Å². The van der Waals surface area contributed by atoms with Gasteiger partial charge in [-0.15, -0.1) is 4.40 Å². The van der Waals surface area contributed by atoms with Crippen LogP contribution in [0, 0.1) is 6.92 Å². The van der Waals surface area contributed by atoms with Gasteiger partial charge in [-0.05, 0) is 38.7 Å². The molecule has 1 aliphatic carbocycles. The number of amidine groups is 1. The number of nitrogens with one attached hydrogen (secondary N) is 1. The summed E-state index contributed by atoms with van der Waals surface area (Å²) in [6.07, 6.45) is 5.27. The molecule has 1 saturated carbocycles. The molecular weight excluding hydrogens is 400 g/mol. The number of carbonyl (C=O) groups is 1. The van der Waals surface area contributed by atoms with Crippen LogP contribution >= 0.6 is 0 Å². The van der Waals surface area contributed by atoms with Gasteiger partial charge in [0.15, 0.2) is 0 Å². The molecule has 8 heteroatoms. The van der Waals surface area contributed by atoms with Crippen molar-refractivity contribution in [1.29, 1.82) is 0 Å². The van der Waals surface area contributed by atoms with Gasteiger partial charge >= 0.3 is 6.03 Å². The largest absolute Gasteiger partial charge is 0.354 e. The Balaban J connectivity index is 1.48. The number of carbonyl (C=O) groups excluding carboxylic acids is 1. The Morgan fingerprint density at radius 2 is 1.70 bits per heavy atom. The van der Waals surface area contributed by atoms with Crippen molar-refractivity contribution in [2.24, 2.45) is 4.40 Å². The average Bonchev–Trinajstić information content (AvgIpc) is 3.19. The van der Waals surface area contributed by atoms with Crippen molar-refractivity contribution in [3.8, 4) is 0 Å². The third-order valence-electron chi connectivity index (χ3n) is 6.22. The molecule has 1 aromatic rings. The number of urea groups is 1. The molecule has 1 N–H and O–H groups in total. The normalized spacial score (nSPS) is 22.3. The molecule has 2 aliphatic heterocycles. The smallest absolute Gasteiger partial charge is 0.317 e. The molecule has 162 valence electrons. The van der Waals surface area contributed by atoms with Crippen LogP contribution in [0.3, 0.4) is 0 Å². The van der Waals surface area contributed by atoms with Crippen LogP contribution in [0.25, 0.3) is 4.91 Å². The topological polar surface area (TPSA) is 82.1 Å². The monoisotopic (exact) mass is 430 g/mol. The van der Waals surface area contributed by atoms with Gasteiger partial charge in [-0.1, -0.05) is 42.7 Å². The number of sulfonamides is 1. The summed E-state index contributed by atoms with van der Waals surface area (Å²) in [5, 5.41) is 3.15. The van der Waals surface area contributed by atoms with E-state index in [0.29, 0.717) is 49.2 Å². The van der Waals surface area contributed by atoms with Crippen molar-refractivity contribution in [3.05, 3.63) is 41.0 Å². The molecule has 1 aromatic carbocycles. The van der Waals surface area contributed by atoms with Crippen LogP contribution in [0.15, 0.2) is 34.2 Å². The van der Waals surface area contributed by atoms with Gasteiger partial charge in [0.05, 0.1) is 0 Å². The number of hydrogen-bond acceptors (Lipinski definition) is 4. The van der Waals surface area contributed by atoms with E-state index < -0.39 is 10.0 Å². The summed E-state index contributed by atoms with van der Waals surface area (Å²) in [5.41, 5.74) is 2.43. The predicted octanol–water partition coefficient (Wildman–Crippen LogP) is 3.13. The first kappa shape index (κ1) is 20.9. The van der Waals surface area contributed by atoms with Gasteiger partial charge < -0.3 is 15.1 Å². The van der Waals surface area contributed by atoms with Crippen molar-refractivity contribution in [3.63, 3.8) is 0 Å². The van der Waals surface area contributed by atoms with Crippen LogP contribution in [0.1, 0.15) is 50.2 Å². The van der Waals surface area contributed by atoms with Crippen molar-refractivity contribution in [2.45, 2.75) is 52.0 Å². The molecule has 1 saturated heterocycles. The van der Waals surface area contributed by atoms with Crippen LogP contribution in [-0.2, 0) is 10.0 Å². The van der Waals surface area contributed by atoms with E-state index in [1.54, 1.807) is 0 Å². The van der Waals surface area contributed by atoms with Crippen molar-refractivity contribution in [2.75, 3.05) is 26.2 Å². The zero-order chi connectivity index (χ0) is 21.3. The van der Waals surface area contributed by atoms with E-state index in [-0.39, 0.29) is 10.9 Å². The molecule has 0 bridgehead atoms. The first-order valence-corrected chi connectivity index (χ1v) is 12.2. The van der Waals surface area contributed by atoms with E-state index in [4.69, 9.17) is 0 Å². The Morgan fingerprint density at radius 1 is 1.00 bits per heavy atom. The summed E-state index contributed by atoms with van der Waals surface area (Å²) in [6, 6.07) is 7.79. The Hall–Kier alpha value is -2.35. The number of aryl methyl sites for hydroxylation is 1. The van der Waals surface area contributed by atoms with E-state index in [1.165, 1.54) is 12.8 Å². The summed E-state index contributed by atoms with van der Waals surface area (Å²) in [7, 11) is -3.73. The van der Waals surface area contributed by atoms with Crippen LogP contribution in [0.4, 0.5) is 4.79 Å². The third-order valence-corrected chi connectivity index (χ3v) is 7.69. The summed E-state index contributed by atoms with van der Waals surface area (Å²) in [5.74, 6) is 0.517. The number of amides is 2. The minimum atomic E-state index is -3.73. The lowest BCUT2D eigenvalue weighted by Gasteiger charge is -2.25. The Bertz CT molecular complexity index is 976. The van der Waals surface area contributed by atoms with E-state index in [1.807, 2.05) is 47.9 Å². The number of nitrogens with zero attached hydrogens (tertiary/aromatic N) is 3. The molecule has 4 rings (SSSR count). The molecule has 0 aromatic heterocycles. The molecule has 2 heterocycles. The highest BCUT2D eigenvalue weighted by Crippen LogP contribution is 2.34. The first-order valence-electron chi connectivity index (χ1n) is 10.8. The molecule has 2 fully saturated rings. The van der Waals surface area contributed by atoms with Crippen LogP contribution in [-0.4, -0.2) is 62.3 Å². The number of hydrogen-bond donors (Lipinski definition) is 1. The second-order valence-corrected chi connectivity index (χ2v) is 10.0. The molecule has 7 nitrogen and oxygen atoms in total. The summed E-state index contributed by atoms with van der Waals surface area (Å²) in [4.78, 5) is 16.8. The van der Waals surface area contributed by atoms with Crippen molar-refractivity contribution in [1.82, 2.24) is 15.1 Å². The average molecular weight is 431 g/mol. The maximum Gasteiger partial charge on any atom is 0.317 e. The summed E-state index contributed by atoms with van der Waals surface area (Å²) < 4.78 is 29.8. The van der Waals surface area contributed by atoms with Crippen molar-refractivity contribution < 1.29 is 13.2 Å². The molecule has 2 amide bonds. The molecule has 0 atom stereocenters. The van der Waals surface area contributed by atoms with Crippen LogP contribution in [0.2, 0.25) is 0 Å². The molecule has 0 unspecified atom stereocenters. The Labute approximate surface area is 178 Å². The fourth-order valence-corrected chi connectivity index (χ4v) is 6.04. The fourth-order valence-electron chi connectivity index (χ4n) is 4.56. The minimum Gasteiger partial charge on any atom is -0.354 e. The Morgan fingerprint density at radius 3 is 2.40 bits per heavy atom. The number of rotatable bonds is 2.